The van der Waals surface area contributed by atoms with Crippen LogP contribution in [0.3, 0.4) is 0 Å². The third kappa shape index (κ3) is 3.82. The Hall–Kier alpha value is -3.16. The topological polar surface area (TPSA) is 124 Å². The number of H-pyrrole nitrogens is 1. The first-order valence-electron chi connectivity index (χ1n) is 10.1. The lowest BCUT2D eigenvalue weighted by Gasteiger charge is -2.27. The number of aromatic nitrogens is 3. The molecule has 2 atom stereocenters. The Kier molecular flexibility index (Phi) is 5.56. The molecule has 4 rings (SSSR count). The summed E-state index contributed by atoms with van der Waals surface area (Å²) in [6, 6.07) is 10.4. The number of pyridine rings is 1. The lowest BCUT2D eigenvalue weighted by Crippen LogP contribution is -2.23. The van der Waals surface area contributed by atoms with E-state index in [4.69, 9.17) is 0 Å². The Labute approximate surface area is 180 Å². The molecule has 3 aromatic rings. The van der Waals surface area contributed by atoms with Gasteiger partial charge in [-0.05, 0) is 43.2 Å². The van der Waals surface area contributed by atoms with Crippen molar-refractivity contribution in [2.45, 2.75) is 36.6 Å². The third-order valence-corrected chi connectivity index (χ3v) is 7.56. The highest BCUT2D eigenvalue weighted by molar-refractivity contribution is 7.89. The van der Waals surface area contributed by atoms with Crippen molar-refractivity contribution in [2.24, 2.45) is 5.92 Å². The van der Waals surface area contributed by atoms with Crippen molar-refractivity contribution in [3.8, 4) is 6.07 Å². The molecule has 1 aliphatic carbocycles. The summed E-state index contributed by atoms with van der Waals surface area (Å²) < 4.78 is 27.5. The number of hydrogen-bond acceptors (Lipinski definition) is 6. The van der Waals surface area contributed by atoms with Gasteiger partial charge in [-0.2, -0.15) is 10.4 Å². The molecule has 2 N–H and O–H groups in total. The smallest absolute Gasteiger partial charge is 0.261 e. The Morgan fingerprint density at radius 2 is 1.90 bits per heavy atom. The highest BCUT2D eigenvalue weighted by Gasteiger charge is 2.29. The summed E-state index contributed by atoms with van der Waals surface area (Å²) in [5.41, 5.74) is 1.00. The highest BCUT2D eigenvalue weighted by Crippen LogP contribution is 2.36. The maximum Gasteiger partial charge on any atom is 0.261 e. The second-order valence-corrected chi connectivity index (χ2v) is 10.0. The molecule has 0 amide bonds. The average molecular weight is 441 g/mol. The number of sulfonamides is 1. The van der Waals surface area contributed by atoms with Crippen LogP contribution in [0.2, 0.25) is 0 Å². The monoisotopic (exact) mass is 440 g/mol. The van der Waals surface area contributed by atoms with E-state index in [9.17, 15) is 18.5 Å². The summed E-state index contributed by atoms with van der Waals surface area (Å²) in [5.74, 6) is 0.224. The lowest BCUT2D eigenvalue weighted by atomic mass is 9.85. The summed E-state index contributed by atoms with van der Waals surface area (Å²) in [4.78, 5) is 15.5. The van der Waals surface area contributed by atoms with Gasteiger partial charge < -0.3 is 10.3 Å². The number of fused-ring (bicyclic) bond motifs is 1. The summed E-state index contributed by atoms with van der Waals surface area (Å²) >= 11 is 0. The van der Waals surface area contributed by atoms with Crippen LogP contribution in [0.15, 0.2) is 46.2 Å². The molecule has 1 fully saturated rings. The largest absolute Gasteiger partial charge is 0.338 e. The minimum atomic E-state index is -3.53. The molecule has 9 nitrogen and oxygen atoms in total. The molecule has 0 saturated heterocycles. The van der Waals surface area contributed by atoms with Crippen molar-refractivity contribution in [1.82, 2.24) is 19.1 Å². The maximum atomic E-state index is 12.6. The number of anilines is 2. The Morgan fingerprint density at radius 1 is 1.19 bits per heavy atom. The zero-order valence-corrected chi connectivity index (χ0v) is 18.2. The van der Waals surface area contributed by atoms with Gasteiger partial charge in [-0.3, -0.25) is 9.48 Å². The fourth-order valence-corrected chi connectivity index (χ4v) is 4.95. The number of aromatic amines is 1. The minimum Gasteiger partial charge on any atom is -0.338 e. The Morgan fingerprint density at radius 3 is 2.58 bits per heavy atom. The summed E-state index contributed by atoms with van der Waals surface area (Å²) in [5, 5.41) is 17.8. The van der Waals surface area contributed by atoms with Crippen molar-refractivity contribution in [3.05, 3.63) is 46.9 Å². The molecule has 10 heteroatoms. The predicted octanol–water partition coefficient (Wildman–Crippen LogP) is 2.97. The standard InChI is InChI=1S/C21H24N6O3S/c1-26(2)31(29,30)16-9-7-15(8-10-16)24-20-19-18(11-12-23-21(19)28)27(25-20)17-6-4-3-5-14(17)13-22/h7-12,14,17H,3-6H2,1-2H3,(H,23,28)(H,24,25)/t14?,17-/m0/s1. The van der Waals surface area contributed by atoms with Crippen LogP contribution in [0.25, 0.3) is 10.9 Å². The SMILES string of the molecule is CN(C)S(=O)(=O)c1ccc(Nc2nn([C@H]3CCCCC3C#N)c3cc[nH]c(=O)c23)cc1. The van der Waals surface area contributed by atoms with Crippen LogP contribution < -0.4 is 10.9 Å². The molecule has 1 saturated carbocycles. The molecule has 2 heterocycles. The van der Waals surface area contributed by atoms with Gasteiger partial charge in [0.2, 0.25) is 10.0 Å². The molecular weight excluding hydrogens is 416 g/mol. The average Bonchev–Trinajstić information content (AvgIpc) is 3.13. The maximum absolute atomic E-state index is 12.6. The molecule has 1 unspecified atom stereocenters. The normalized spacial score (nSPS) is 19.4. The van der Waals surface area contributed by atoms with Gasteiger partial charge in [0.25, 0.3) is 5.56 Å². The van der Waals surface area contributed by atoms with Crippen LogP contribution >= 0.6 is 0 Å². The van der Waals surface area contributed by atoms with Gasteiger partial charge >= 0.3 is 0 Å². The first-order valence-corrected chi connectivity index (χ1v) is 11.6. The van der Waals surface area contributed by atoms with E-state index in [1.165, 1.54) is 26.2 Å². The van der Waals surface area contributed by atoms with Crippen molar-refractivity contribution >= 4 is 32.4 Å². The summed E-state index contributed by atoms with van der Waals surface area (Å²) in [6.45, 7) is 0. The van der Waals surface area contributed by atoms with Crippen LogP contribution in [-0.4, -0.2) is 41.6 Å². The fourth-order valence-electron chi connectivity index (χ4n) is 4.05. The predicted molar refractivity (Wildman–Crippen MR) is 118 cm³/mol. The zero-order chi connectivity index (χ0) is 22.2. The van der Waals surface area contributed by atoms with Crippen molar-refractivity contribution in [1.29, 1.82) is 5.26 Å². The number of hydrogen-bond donors (Lipinski definition) is 2. The first kappa shape index (κ1) is 21.1. The van der Waals surface area contributed by atoms with Gasteiger partial charge in [-0.15, -0.1) is 0 Å². The van der Waals surface area contributed by atoms with Crippen LogP contribution in [0.4, 0.5) is 11.5 Å². The molecule has 31 heavy (non-hydrogen) atoms. The van der Waals surface area contributed by atoms with Gasteiger partial charge in [0.05, 0.1) is 28.4 Å². The quantitative estimate of drug-likeness (QED) is 0.629. The van der Waals surface area contributed by atoms with Gasteiger partial charge in [0.15, 0.2) is 5.82 Å². The molecular formula is C21H24N6O3S. The second kappa shape index (κ2) is 8.17. The summed E-state index contributed by atoms with van der Waals surface area (Å²) in [6.07, 6.45) is 5.26. The number of rotatable bonds is 5. The lowest BCUT2D eigenvalue weighted by molar-refractivity contribution is 0.277. The van der Waals surface area contributed by atoms with Crippen LogP contribution in [0.5, 0.6) is 0 Å². The van der Waals surface area contributed by atoms with Crippen molar-refractivity contribution < 1.29 is 8.42 Å². The molecule has 0 radical (unpaired) electrons. The molecule has 1 aliphatic rings. The van der Waals surface area contributed by atoms with E-state index >= 15 is 0 Å². The first-order chi connectivity index (χ1) is 14.8. The van der Waals surface area contributed by atoms with Crippen molar-refractivity contribution in [3.63, 3.8) is 0 Å². The van der Waals surface area contributed by atoms with Crippen LogP contribution in [-0.2, 0) is 10.0 Å². The molecule has 162 valence electrons. The van der Waals surface area contributed by atoms with E-state index in [-0.39, 0.29) is 22.4 Å². The van der Waals surface area contributed by atoms with E-state index in [0.29, 0.717) is 22.4 Å². The van der Waals surface area contributed by atoms with Crippen LogP contribution in [0.1, 0.15) is 31.7 Å². The van der Waals surface area contributed by atoms with E-state index < -0.39 is 10.0 Å². The Bertz CT molecular complexity index is 1300. The minimum absolute atomic E-state index is 0.0915. The highest BCUT2D eigenvalue weighted by atomic mass is 32.2. The summed E-state index contributed by atoms with van der Waals surface area (Å²) in [7, 11) is -0.570. The number of nitrogens with zero attached hydrogens (tertiary/aromatic N) is 4. The van der Waals surface area contributed by atoms with E-state index in [2.05, 4.69) is 21.5 Å². The number of benzene rings is 1. The number of nitriles is 1. The van der Waals surface area contributed by atoms with E-state index in [1.807, 2.05) is 0 Å². The van der Waals surface area contributed by atoms with Gasteiger partial charge in [0.1, 0.15) is 5.39 Å². The number of nitrogens with one attached hydrogen (secondary N) is 2. The molecule has 0 spiro atoms. The second-order valence-electron chi connectivity index (χ2n) is 7.88. The van der Waals surface area contributed by atoms with Gasteiger partial charge in [0, 0.05) is 26.0 Å². The Balaban J connectivity index is 1.74. The molecule has 0 bridgehead atoms. The molecule has 0 aliphatic heterocycles. The van der Waals surface area contributed by atoms with Crippen molar-refractivity contribution in [2.75, 3.05) is 19.4 Å². The van der Waals surface area contributed by atoms with Gasteiger partial charge in [-0.1, -0.05) is 12.8 Å². The fraction of sp³-hybridized carbons (Fsp3) is 0.381. The van der Waals surface area contributed by atoms with E-state index in [1.54, 1.807) is 29.1 Å². The van der Waals surface area contributed by atoms with E-state index in [0.717, 1.165) is 30.0 Å². The molecule has 1 aromatic carbocycles. The zero-order valence-electron chi connectivity index (χ0n) is 17.4. The molecule has 2 aromatic heterocycles. The third-order valence-electron chi connectivity index (χ3n) is 5.74. The van der Waals surface area contributed by atoms with Crippen LogP contribution in [0, 0.1) is 17.2 Å². The van der Waals surface area contributed by atoms with Gasteiger partial charge in [-0.25, -0.2) is 12.7 Å².